The van der Waals surface area contributed by atoms with Gasteiger partial charge in [0.05, 0.1) is 4.92 Å². The molecule has 0 saturated heterocycles. The largest absolute Gasteiger partial charge is 0.352 e. The van der Waals surface area contributed by atoms with Crippen LogP contribution in [0.1, 0.15) is 0 Å². The van der Waals surface area contributed by atoms with Gasteiger partial charge in [0.15, 0.2) is 10.5 Å². The second-order valence-electron chi connectivity index (χ2n) is 4.28. The van der Waals surface area contributed by atoms with E-state index in [1.165, 1.54) is 24.4 Å². The second kappa shape index (κ2) is 5.04. The van der Waals surface area contributed by atoms with Crippen LogP contribution < -0.4 is 4.09 Å². The molecule has 0 N–H and O–H groups in total. The van der Waals surface area contributed by atoms with Crippen LogP contribution in [0.5, 0.6) is 0 Å². The smallest absolute Gasteiger partial charge is 0.258 e. The van der Waals surface area contributed by atoms with Gasteiger partial charge >= 0.3 is 15.7 Å². The molecule has 0 aliphatic carbocycles. The molecule has 0 atom stereocenters. The van der Waals surface area contributed by atoms with E-state index < -0.39 is 20.6 Å². The Kier molecular flexibility index (Phi) is 3.30. The Morgan fingerprint density at radius 1 is 1.23 bits per heavy atom. The van der Waals surface area contributed by atoms with Crippen LogP contribution in [0.25, 0.3) is 5.52 Å². The summed E-state index contributed by atoms with van der Waals surface area (Å²) in [4.78, 5) is 10.2. The maximum atomic E-state index is 12.6. The van der Waals surface area contributed by atoms with Crippen LogP contribution in [0.15, 0.2) is 53.7 Å². The van der Waals surface area contributed by atoms with Gasteiger partial charge in [-0.3, -0.25) is 10.1 Å². The van der Waals surface area contributed by atoms with E-state index in [1.54, 1.807) is 18.2 Å². The molecule has 0 amide bonds. The van der Waals surface area contributed by atoms with Crippen molar-refractivity contribution >= 4 is 32.8 Å². The standard InChI is InChI=1S/C12H8ClN4O4S/c13-12-10-6-7-15(16(10)14-8-11(12)17(18)19)22(20,21)9-4-2-1-3-5-9/h1-8H/q+1. The van der Waals surface area contributed by atoms with Crippen molar-refractivity contribution in [2.45, 2.75) is 4.90 Å². The molecular formula is C12H8ClN4O4S+. The van der Waals surface area contributed by atoms with Crippen LogP contribution in [-0.2, 0) is 10.0 Å². The molecule has 0 aliphatic heterocycles. The molecule has 112 valence electrons. The highest BCUT2D eigenvalue weighted by molar-refractivity contribution is 7.84. The molecule has 0 saturated carbocycles. The van der Waals surface area contributed by atoms with E-state index in [0.717, 1.165) is 14.9 Å². The topological polar surface area (TPSA) is 98.5 Å². The third-order valence-corrected chi connectivity index (χ3v) is 5.01. The molecule has 22 heavy (non-hydrogen) atoms. The maximum Gasteiger partial charge on any atom is 0.352 e. The first kappa shape index (κ1) is 14.4. The fourth-order valence-electron chi connectivity index (χ4n) is 1.95. The average molecular weight is 340 g/mol. The minimum absolute atomic E-state index is 0.0660. The summed E-state index contributed by atoms with van der Waals surface area (Å²) in [5, 5.41) is 14.4. The van der Waals surface area contributed by atoms with Crippen LogP contribution in [0.2, 0.25) is 5.02 Å². The minimum atomic E-state index is -3.88. The fourth-order valence-corrected chi connectivity index (χ4v) is 3.48. The second-order valence-corrected chi connectivity index (χ2v) is 6.46. The number of hydrogen-bond donors (Lipinski definition) is 0. The normalized spacial score (nSPS) is 11.7. The predicted molar refractivity (Wildman–Crippen MR) is 76.1 cm³/mol. The van der Waals surface area contributed by atoms with Crippen molar-refractivity contribution in [2.75, 3.05) is 0 Å². The van der Waals surface area contributed by atoms with Gasteiger partial charge in [-0.25, -0.2) is 0 Å². The molecular weight excluding hydrogens is 332 g/mol. The monoisotopic (exact) mass is 339 g/mol. The van der Waals surface area contributed by atoms with Crippen LogP contribution >= 0.6 is 11.6 Å². The molecule has 0 unspecified atom stereocenters. The molecule has 10 heteroatoms. The lowest BCUT2D eigenvalue weighted by Gasteiger charge is -2.00. The Labute approximate surface area is 129 Å². The van der Waals surface area contributed by atoms with E-state index in [4.69, 9.17) is 11.6 Å². The Balaban J connectivity index is 2.26. The lowest BCUT2D eigenvalue weighted by molar-refractivity contribution is -0.595. The summed E-state index contributed by atoms with van der Waals surface area (Å²) in [5.41, 5.74) is -0.271. The lowest BCUT2D eigenvalue weighted by Crippen LogP contribution is -2.47. The Hall–Kier alpha value is -2.52. The number of benzene rings is 1. The molecule has 3 aromatic rings. The van der Waals surface area contributed by atoms with Gasteiger partial charge in [-0.05, 0) is 16.2 Å². The molecule has 0 radical (unpaired) electrons. The van der Waals surface area contributed by atoms with Gasteiger partial charge in [0.25, 0.3) is 0 Å². The molecule has 0 fully saturated rings. The Bertz CT molecular complexity index is 985. The zero-order valence-corrected chi connectivity index (χ0v) is 12.4. The van der Waals surface area contributed by atoms with Crippen molar-refractivity contribution in [3.8, 4) is 0 Å². The van der Waals surface area contributed by atoms with Crippen LogP contribution in [0.3, 0.4) is 0 Å². The maximum absolute atomic E-state index is 12.6. The molecule has 2 aromatic heterocycles. The number of nitrogens with zero attached hydrogens (tertiary/aromatic N) is 4. The number of hydrogen-bond acceptors (Lipinski definition) is 5. The number of halogens is 1. The van der Waals surface area contributed by atoms with E-state index in [9.17, 15) is 18.5 Å². The van der Waals surface area contributed by atoms with Crippen molar-refractivity contribution in [1.29, 1.82) is 0 Å². The summed E-state index contributed by atoms with van der Waals surface area (Å²) < 4.78 is 27.0. The van der Waals surface area contributed by atoms with E-state index in [0.29, 0.717) is 0 Å². The molecule has 1 aromatic carbocycles. The van der Waals surface area contributed by atoms with Gasteiger partial charge in [0.1, 0.15) is 11.1 Å². The minimum Gasteiger partial charge on any atom is -0.258 e. The van der Waals surface area contributed by atoms with Crippen LogP contribution in [-0.4, -0.2) is 23.1 Å². The van der Waals surface area contributed by atoms with Gasteiger partial charge in [-0.15, -0.1) is 0 Å². The molecule has 3 rings (SSSR count). The van der Waals surface area contributed by atoms with Gasteiger partial charge < -0.3 is 0 Å². The number of aromatic nitrogens is 3. The Morgan fingerprint density at radius 3 is 2.55 bits per heavy atom. The first-order chi connectivity index (χ1) is 10.4. The zero-order chi connectivity index (χ0) is 15.9. The Morgan fingerprint density at radius 2 is 1.91 bits per heavy atom. The average Bonchev–Trinajstić information content (AvgIpc) is 2.93. The van der Waals surface area contributed by atoms with Crippen molar-refractivity contribution in [3.63, 3.8) is 0 Å². The first-order valence-corrected chi connectivity index (χ1v) is 7.78. The number of nitro groups is 1. The van der Waals surface area contributed by atoms with Gasteiger partial charge in [-0.2, -0.15) is 8.42 Å². The lowest BCUT2D eigenvalue weighted by atomic mass is 10.4. The molecule has 0 bridgehead atoms. The third-order valence-electron chi connectivity index (χ3n) is 2.99. The molecule has 0 spiro atoms. The SMILES string of the molecule is O=[N+]([O-])c1cnn2c(cc[n+]2S(=O)(=O)c2ccccc2)c1Cl. The summed E-state index contributed by atoms with van der Waals surface area (Å²) in [6.45, 7) is 0. The number of fused-ring (bicyclic) bond motifs is 1. The fraction of sp³-hybridized carbons (Fsp3) is 0. The predicted octanol–water partition coefficient (Wildman–Crippen LogP) is 1.42. The summed E-state index contributed by atoms with van der Waals surface area (Å²) in [6.07, 6.45) is 2.15. The number of rotatable bonds is 3. The first-order valence-electron chi connectivity index (χ1n) is 5.96. The van der Waals surface area contributed by atoms with Gasteiger partial charge in [0, 0.05) is 15.8 Å². The van der Waals surface area contributed by atoms with Crippen LogP contribution in [0.4, 0.5) is 5.69 Å². The van der Waals surface area contributed by atoms with Crippen molar-refractivity contribution in [1.82, 2.24) is 9.73 Å². The van der Waals surface area contributed by atoms with Gasteiger partial charge in [0.2, 0.25) is 6.20 Å². The summed E-state index contributed by atoms with van der Waals surface area (Å²) in [7, 11) is -3.88. The highest BCUT2D eigenvalue weighted by atomic mass is 35.5. The van der Waals surface area contributed by atoms with Crippen molar-refractivity contribution < 1.29 is 17.4 Å². The van der Waals surface area contributed by atoms with E-state index >= 15 is 0 Å². The third kappa shape index (κ3) is 2.11. The molecule has 2 heterocycles. The van der Waals surface area contributed by atoms with Crippen molar-refractivity contribution in [2.24, 2.45) is 0 Å². The van der Waals surface area contributed by atoms with Crippen LogP contribution in [0, 0.1) is 10.1 Å². The van der Waals surface area contributed by atoms with E-state index in [-0.39, 0.29) is 15.4 Å². The highest BCUT2D eigenvalue weighted by Gasteiger charge is 2.29. The molecule has 0 aliphatic rings. The molecule has 8 nitrogen and oxygen atoms in total. The summed E-state index contributed by atoms with van der Waals surface area (Å²) in [5.74, 6) is 0. The quantitative estimate of drug-likeness (QED) is 0.408. The zero-order valence-electron chi connectivity index (χ0n) is 10.8. The highest BCUT2D eigenvalue weighted by Crippen LogP contribution is 2.26. The van der Waals surface area contributed by atoms with E-state index in [2.05, 4.69) is 5.10 Å². The van der Waals surface area contributed by atoms with Crippen molar-refractivity contribution in [3.05, 3.63) is 63.9 Å². The van der Waals surface area contributed by atoms with Gasteiger partial charge in [-0.1, -0.05) is 29.8 Å². The summed E-state index contributed by atoms with van der Waals surface area (Å²) >= 11 is 5.94. The van der Waals surface area contributed by atoms with E-state index in [1.807, 2.05) is 0 Å². The summed E-state index contributed by atoms with van der Waals surface area (Å²) in [6, 6.07) is 9.10.